The molecule has 0 amide bonds. The molecule has 0 aliphatic rings. The summed E-state index contributed by atoms with van der Waals surface area (Å²) in [5.41, 5.74) is 7.12. The lowest BCUT2D eigenvalue weighted by Crippen LogP contribution is -2.13. The zero-order chi connectivity index (χ0) is 13.2. The number of nitrogens with two attached hydrogens (primary N) is 1. The van der Waals surface area contributed by atoms with Gasteiger partial charge in [-0.3, -0.25) is 4.72 Å². The minimum absolute atomic E-state index is 0.193. The summed E-state index contributed by atoms with van der Waals surface area (Å²) in [4.78, 5) is 0.225. The number of rotatable bonds is 4. The van der Waals surface area contributed by atoms with E-state index in [0.717, 1.165) is 5.56 Å². The quantitative estimate of drug-likeness (QED) is 0.905. The first-order valence-corrected chi connectivity index (χ1v) is 7.82. The van der Waals surface area contributed by atoms with Crippen molar-refractivity contribution >= 4 is 27.0 Å². The molecule has 2 aromatic rings. The van der Waals surface area contributed by atoms with Crippen LogP contribution in [0.2, 0.25) is 0 Å². The summed E-state index contributed by atoms with van der Waals surface area (Å²) in [6, 6.07) is 8.19. The van der Waals surface area contributed by atoms with Gasteiger partial charge in [-0.25, -0.2) is 8.42 Å². The number of benzene rings is 1. The van der Waals surface area contributed by atoms with E-state index >= 15 is 0 Å². The van der Waals surface area contributed by atoms with Gasteiger partial charge in [-0.05, 0) is 36.1 Å². The van der Waals surface area contributed by atoms with Gasteiger partial charge in [-0.1, -0.05) is 12.1 Å². The summed E-state index contributed by atoms with van der Waals surface area (Å²) in [5, 5.41) is 3.56. The lowest BCUT2D eigenvalue weighted by Gasteiger charge is -2.10. The van der Waals surface area contributed by atoms with Gasteiger partial charge in [0.25, 0.3) is 10.0 Å². The number of hydrogen-bond donors (Lipinski definition) is 2. The van der Waals surface area contributed by atoms with Gasteiger partial charge in [0.1, 0.15) is 0 Å². The van der Waals surface area contributed by atoms with Gasteiger partial charge in [0, 0.05) is 11.4 Å². The highest BCUT2D eigenvalue weighted by Gasteiger charge is 2.15. The van der Waals surface area contributed by atoms with Crippen molar-refractivity contribution in [2.75, 3.05) is 4.72 Å². The highest BCUT2D eigenvalue weighted by molar-refractivity contribution is 7.92. The van der Waals surface area contributed by atoms with Gasteiger partial charge in [0.2, 0.25) is 0 Å². The standard InChI is InChI=1S/C12H14N2O2S2/c1-9(13)10-3-2-4-12(7-10)18(15,16)14-11-5-6-17-8-11/h2-9,14H,13H2,1H3. The Morgan fingerprint density at radius 1 is 1.33 bits per heavy atom. The van der Waals surface area contributed by atoms with E-state index in [4.69, 9.17) is 5.73 Å². The van der Waals surface area contributed by atoms with E-state index in [1.54, 1.807) is 29.6 Å². The van der Waals surface area contributed by atoms with Crippen molar-refractivity contribution in [2.24, 2.45) is 5.73 Å². The smallest absolute Gasteiger partial charge is 0.261 e. The molecule has 0 spiro atoms. The average molecular weight is 282 g/mol. The number of thiophene rings is 1. The van der Waals surface area contributed by atoms with Crippen LogP contribution in [0.25, 0.3) is 0 Å². The Morgan fingerprint density at radius 2 is 2.11 bits per heavy atom. The molecule has 1 aromatic heterocycles. The summed E-state index contributed by atoms with van der Waals surface area (Å²) in [5.74, 6) is 0. The van der Waals surface area contributed by atoms with Crippen LogP contribution < -0.4 is 10.5 Å². The van der Waals surface area contributed by atoms with E-state index in [0.29, 0.717) is 5.69 Å². The molecular formula is C12H14N2O2S2. The largest absolute Gasteiger partial charge is 0.324 e. The van der Waals surface area contributed by atoms with E-state index in [-0.39, 0.29) is 10.9 Å². The number of anilines is 1. The Bertz CT molecular complexity index is 619. The van der Waals surface area contributed by atoms with Crippen LogP contribution in [0.4, 0.5) is 5.69 Å². The summed E-state index contributed by atoms with van der Waals surface area (Å²) in [7, 11) is -3.54. The monoisotopic (exact) mass is 282 g/mol. The molecular weight excluding hydrogens is 268 g/mol. The molecule has 3 N–H and O–H groups in total. The SMILES string of the molecule is CC(N)c1cccc(S(=O)(=O)Nc2ccsc2)c1. The Balaban J connectivity index is 2.32. The van der Waals surface area contributed by atoms with E-state index in [2.05, 4.69) is 4.72 Å². The average Bonchev–Trinajstić information content (AvgIpc) is 2.81. The van der Waals surface area contributed by atoms with Gasteiger partial charge in [-0.15, -0.1) is 0 Å². The van der Waals surface area contributed by atoms with Crippen LogP contribution in [-0.4, -0.2) is 8.42 Å². The Hall–Kier alpha value is -1.37. The third kappa shape index (κ3) is 2.90. The van der Waals surface area contributed by atoms with Crippen LogP contribution >= 0.6 is 11.3 Å². The fourth-order valence-electron chi connectivity index (χ4n) is 1.50. The first kappa shape index (κ1) is 13.1. The van der Waals surface area contributed by atoms with Crippen molar-refractivity contribution in [1.29, 1.82) is 0 Å². The van der Waals surface area contributed by atoms with Gasteiger partial charge in [-0.2, -0.15) is 11.3 Å². The summed E-state index contributed by atoms with van der Waals surface area (Å²) < 4.78 is 26.8. The maximum atomic E-state index is 12.1. The maximum absolute atomic E-state index is 12.1. The van der Waals surface area contributed by atoms with Crippen molar-refractivity contribution in [1.82, 2.24) is 0 Å². The van der Waals surface area contributed by atoms with Gasteiger partial charge < -0.3 is 5.73 Å². The molecule has 1 heterocycles. The predicted octanol–water partition coefficient (Wildman–Crippen LogP) is 2.57. The molecule has 18 heavy (non-hydrogen) atoms. The minimum atomic E-state index is -3.54. The van der Waals surface area contributed by atoms with Gasteiger partial charge >= 0.3 is 0 Å². The van der Waals surface area contributed by atoms with E-state index in [9.17, 15) is 8.42 Å². The Labute approximate surface area is 111 Å². The zero-order valence-electron chi connectivity index (χ0n) is 9.83. The molecule has 0 saturated carbocycles. The molecule has 0 radical (unpaired) electrons. The number of hydrogen-bond acceptors (Lipinski definition) is 4. The Kier molecular flexibility index (Phi) is 3.70. The van der Waals surface area contributed by atoms with Gasteiger partial charge in [0.05, 0.1) is 10.6 Å². The fraction of sp³-hybridized carbons (Fsp3) is 0.167. The second kappa shape index (κ2) is 5.09. The molecule has 0 bridgehead atoms. The van der Waals surface area contributed by atoms with Crippen molar-refractivity contribution in [3.63, 3.8) is 0 Å². The third-order valence-corrected chi connectivity index (χ3v) is 4.53. The van der Waals surface area contributed by atoms with Crippen LogP contribution in [0.15, 0.2) is 46.0 Å². The first-order chi connectivity index (χ1) is 8.49. The second-order valence-electron chi connectivity index (χ2n) is 3.98. The molecule has 0 fully saturated rings. The molecule has 1 atom stereocenters. The first-order valence-electron chi connectivity index (χ1n) is 5.39. The predicted molar refractivity (Wildman–Crippen MR) is 74.2 cm³/mol. The summed E-state index contributed by atoms with van der Waals surface area (Å²) in [6.45, 7) is 1.82. The van der Waals surface area contributed by atoms with Crippen molar-refractivity contribution in [2.45, 2.75) is 17.9 Å². The van der Waals surface area contributed by atoms with Crippen LogP contribution in [0.3, 0.4) is 0 Å². The zero-order valence-corrected chi connectivity index (χ0v) is 11.5. The summed E-state index contributed by atoms with van der Waals surface area (Å²) >= 11 is 1.44. The normalized spacial score (nSPS) is 13.2. The fourth-order valence-corrected chi connectivity index (χ4v) is 3.27. The molecule has 1 unspecified atom stereocenters. The number of nitrogens with one attached hydrogen (secondary N) is 1. The van der Waals surface area contributed by atoms with Crippen molar-refractivity contribution in [3.8, 4) is 0 Å². The van der Waals surface area contributed by atoms with Crippen LogP contribution in [0.5, 0.6) is 0 Å². The summed E-state index contributed by atoms with van der Waals surface area (Å²) in [6.07, 6.45) is 0. The lowest BCUT2D eigenvalue weighted by molar-refractivity contribution is 0.601. The van der Waals surface area contributed by atoms with Crippen LogP contribution in [0, 0.1) is 0 Å². The highest BCUT2D eigenvalue weighted by atomic mass is 32.2. The van der Waals surface area contributed by atoms with Crippen molar-refractivity contribution < 1.29 is 8.42 Å². The topological polar surface area (TPSA) is 72.2 Å². The second-order valence-corrected chi connectivity index (χ2v) is 6.44. The molecule has 6 heteroatoms. The van der Waals surface area contributed by atoms with Crippen molar-refractivity contribution in [3.05, 3.63) is 46.7 Å². The van der Waals surface area contributed by atoms with Gasteiger partial charge in [0.15, 0.2) is 0 Å². The van der Waals surface area contributed by atoms with E-state index in [1.165, 1.54) is 11.3 Å². The lowest BCUT2D eigenvalue weighted by atomic mass is 10.1. The molecule has 0 aliphatic carbocycles. The highest BCUT2D eigenvalue weighted by Crippen LogP contribution is 2.20. The molecule has 1 aromatic carbocycles. The maximum Gasteiger partial charge on any atom is 0.261 e. The Morgan fingerprint density at radius 3 is 2.72 bits per heavy atom. The molecule has 2 rings (SSSR count). The molecule has 0 aliphatic heterocycles. The number of sulfonamides is 1. The molecule has 96 valence electrons. The van der Waals surface area contributed by atoms with Crippen LogP contribution in [-0.2, 0) is 10.0 Å². The minimum Gasteiger partial charge on any atom is -0.324 e. The third-order valence-electron chi connectivity index (χ3n) is 2.47. The van der Waals surface area contributed by atoms with Crippen LogP contribution in [0.1, 0.15) is 18.5 Å². The van der Waals surface area contributed by atoms with E-state index < -0.39 is 10.0 Å². The molecule has 4 nitrogen and oxygen atoms in total. The van der Waals surface area contributed by atoms with E-state index in [1.807, 2.05) is 18.4 Å². The molecule has 0 saturated heterocycles.